The van der Waals surface area contributed by atoms with Crippen LogP contribution in [0.25, 0.3) is 0 Å². The van der Waals surface area contributed by atoms with Crippen LogP contribution >= 0.6 is 0 Å². The van der Waals surface area contributed by atoms with E-state index in [1.54, 1.807) is 37.3 Å². The molecular formula is C16H22N2O4. The first-order valence-corrected chi connectivity index (χ1v) is 7.37. The number of likely N-dealkylation sites (tertiary alicyclic amines) is 1. The van der Waals surface area contributed by atoms with Crippen molar-refractivity contribution in [2.75, 3.05) is 27.8 Å². The fourth-order valence-electron chi connectivity index (χ4n) is 2.75. The molecule has 0 unspecified atom stereocenters. The molecule has 1 N–H and O–H groups in total. The van der Waals surface area contributed by atoms with Gasteiger partial charge in [-0.2, -0.15) is 0 Å². The zero-order chi connectivity index (χ0) is 16.1. The number of ether oxygens (including phenoxy) is 2. The van der Waals surface area contributed by atoms with Crippen LogP contribution in [-0.2, 0) is 4.79 Å². The van der Waals surface area contributed by atoms with Crippen molar-refractivity contribution in [1.82, 2.24) is 10.2 Å². The molecular weight excluding hydrogens is 284 g/mol. The number of hydrogen-bond donors (Lipinski definition) is 1. The monoisotopic (exact) mass is 306 g/mol. The van der Waals surface area contributed by atoms with Gasteiger partial charge in [0, 0.05) is 19.2 Å². The quantitative estimate of drug-likeness (QED) is 0.914. The van der Waals surface area contributed by atoms with E-state index in [4.69, 9.17) is 9.47 Å². The highest BCUT2D eigenvalue weighted by atomic mass is 16.5. The van der Waals surface area contributed by atoms with Crippen LogP contribution < -0.4 is 14.8 Å². The molecule has 1 aliphatic rings. The van der Waals surface area contributed by atoms with E-state index < -0.39 is 6.04 Å². The number of nitrogens with zero attached hydrogens (tertiary/aromatic N) is 1. The van der Waals surface area contributed by atoms with E-state index in [9.17, 15) is 9.59 Å². The maximum Gasteiger partial charge on any atom is 0.254 e. The molecule has 1 atom stereocenters. The van der Waals surface area contributed by atoms with E-state index in [0.29, 0.717) is 30.0 Å². The Morgan fingerprint density at radius 2 is 1.91 bits per heavy atom. The van der Waals surface area contributed by atoms with Crippen molar-refractivity contribution in [3.05, 3.63) is 23.8 Å². The van der Waals surface area contributed by atoms with E-state index in [1.165, 1.54) is 7.11 Å². The summed E-state index contributed by atoms with van der Waals surface area (Å²) in [5.74, 6) is 0.796. The van der Waals surface area contributed by atoms with Crippen LogP contribution in [0.15, 0.2) is 18.2 Å². The number of methoxy groups -OCH3 is 2. The van der Waals surface area contributed by atoms with Gasteiger partial charge in [0.25, 0.3) is 5.91 Å². The van der Waals surface area contributed by atoms with Gasteiger partial charge in [-0.3, -0.25) is 9.59 Å². The first kappa shape index (κ1) is 16.1. The molecule has 0 saturated carbocycles. The molecule has 2 amide bonds. The lowest BCUT2D eigenvalue weighted by Crippen LogP contribution is -2.51. The highest BCUT2D eigenvalue weighted by molar-refractivity contribution is 5.98. The van der Waals surface area contributed by atoms with Crippen molar-refractivity contribution in [3.63, 3.8) is 0 Å². The van der Waals surface area contributed by atoms with Crippen LogP contribution in [0.2, 0.25) is 0 Å². The van der Waals surface area contributed by atoms with Crippen molar-refractivity contribution in [2.24, 2.45) is 0 Å². The number of rotatable bonds is 4. The first-order chi connectivity index (χ1) is 10.6. The van der Waals surface area contributed by atoms with E-state index in [2.05, 4.69) is 5.32 Å². The summed E-state index contributed by atoms with van der Waals surface area (Å²) in [5.41, 5.74) is 0.494. The number of amides is 2. The SMILES string of the molecule is CNC(=O)[C@@H]1CCCCN1C(=O)c1ccc(OC)c(OC)c1. The number of carbonyl (C=O) groups is 2. The van der Waals surface area contributed by atoms with Gasteiger partial charge in [0.2, 0.25) is 5.91 Å². The Hall–Kier alpha value is -2.24. The smallest absolute Gasteiger partial charge is 0.254 e. The Balaban J connectivity index is 2.27. The number of carbonyl (C=O) groups excluding carboxylic acids is 2. The molecule has 0 spiro atoms. The average molecular weight is 306 g/mol. The number of piperidine rings is 1. The molecule has 6 heteroatoms. The Kier molecular flexibility index (Phi) is 5.25. The Labute approximate surface area is 130 Å². The van der Waals surface area contributed by atoms with Gasteiger partial charge in [-0.05, 0) is 37.5 Å². The normalized spacial score (nSPS) is 17.8. The molecule has 0 aliphatic carbocycles. The molecule has 1 aliphatic heterocycles. The molecule has 1 saturated heterocycles. The number of likely N-dealkylation sites (N-methyl/N-ethyl adjacent to an activating group) is 1. The second-order valence-electron chi connectivity index (χ2n) is 5.19. The van der Waals surface area contributed by atoms with Crippen LogP contribution in [0.1, 0.15) is 29.6 Å². The predicted molar refractivity (Wildman–Crippen MR) is 82.3 cm³/mol. The minimum atomic E-state index is -0.403. The van der Waals surface area contributed by atoms with E-state index >= 15 is 0 Å². The van der Waals surface area contributed by atoms with Gasteiger partial charge in [-0.25, -0.2) is 0 Å². The molecule has 22 heavy (non-hydrogen) atoms. The van der Waals surface area contributed by atoms with Gasteiger partial charge in [-0.1, -0.05) is 0 Å². The largest absolute Gasteiger partial charge is 0.493 e. The molecule has 0 radical (unpaired) electrons. The van der Waals surface area contributed by atoms with Gasteiger partial charge in [0.1, 0.15) is 6.04 Å². The summed E-state index contributed by atoms with van der Waals surface area (Å²) in [6, 6.07) is 4.64. The minimum Gasteiger partial charge on any atom is -0.493 e. The summed E-state index contributed by atoms with van der Waals surface area (Å²) >= 11 is 0. The standard InChI is InChI=1S/C16H22N2O4/c1-17-15(19)12-6-4-5-9-18(12)16(20)11-7-8-13(21-2)14(10-11)22-3/h7-8,10,12H,4-6,9H2,1-3H3,(H,17,19)/t12-/m0/s1. The van der Waals surface area contributed by atoms with E-state index in [1.807, 2.05) is 0 Å². The summed E-state index contributed by atoms with van der Waals surface area (Å²) in [7, 11) is 4.67. The highest BCUT2D eigenvalue weighted by Crippen LogP contribution is 2.29. The molecule has 1 fully saturated rings. The highest BCUT2D eigenvalue weighted by Gasteiger charge is 2.32. The molecule has 0 bridgehead atoms. The second-order valence-corrected chi connectivity index (χ2v) is 5.19. The Bertz CT molecular complexity index is 559. The Morgan fingerprint density at radius 3 is 2.55 bits per heavy atom. The van der Waals surface area contributed by atoms with Crippen molar-refractivity contribution in [3.8, 4) is 11.5 Å². The maximum atomic E-state index is 12.7. The number of benzene rings is 1. The summed E-state index contributed by atoms with van der Waals surface area (Å²) in [4.78, 5) is 26.4. The molecule has 6 nitrogen and oxygen atoms in total. The van der Waals surface area contributed by atoms with Gasteiger partial charge in [0.05, 0.1) is 14.2 Å². The fraction of sp³-hybridized carbons (Fsp3) is 0.500. The van der Waals surface area contributed by atoms with Gasteiger partial charge in [-0.15, -0.1) is 0 Å². The van der Waals surface area contributed by atoms with Crippen molar-refractivity contribution in [1.29, 1.82) is 0 Å². The third-order valence-electron chi connectivity index (χ3n) is 3.94. The minimum absolute atomic E-state index is 0.117. The van der Waals surface area contributed by atoms with Crippen LogP contribution in [0.4, 0.5) is 0 Å². The van der Waals surface area contributed by atoms with Crippen LogP contribution in [0.3, 0.4) is 0 Å². The van der Waals surface area contributed by atoms with Crippen LogP contribution in [0, 0.1) is 0 Å². The molecule has 1 aromatic rings. The van der Waals surface area contributed by atoms with Gasteiger partial charge < -0.3 is 19.7 Å². The summed E-state index contributed by atoms with van der Waals surface area (Å²) in [5, 5.41) is 2.63. The maximum absolute atomic E-state index is 12.7. The Morgan fingerprint density at radius 1 is 1.18 bits per heavy atom. The van der Waals surface area contributed by atoms with Crippen LogP contribution in [-0.4, -0.2) is 50.6 Å². The molecule has 1 aromatic carbocycles. The summed E-state index contributed by atoms with van der Waals surface area (Å²) in [6.45, 7) is 0.589. The fourth-order valence-corrected chi connectivity index (χ4v) is 2.75. The lowest BCUT2D eigenvalue weighted by Gasteiger charge is -2.34. The lowest BCUT2D eigenvalue weighted by molar-refractivity contribution is -0.126. The van der Waals surface area contributed by atoms with Gasteiger partial charge >= 0.3 is 0 Å². The second kappa shape index (κ2) is 7.15. The van der Waals surface area contributed by atoms with Crippen LogP contribution in [0.5, 0.6) is 11.5 Å². The summed E-state index contributed by atoms with van der Waals surface area (Å²) < 4.78 is 10.4. The molecule has 1 heterocycles. The number of nitrogens with one attached hydrogen (secondary N) is 1. The predicted octanol–water partition coefficient (Wildman–Crippen LogP) is 1.44. The van der Waals surface area contributed by atoms with Crippen molar-refractivity contribution in [2.45, 2.75) is 25.3 Å². The lowest BCUT2D eigenvalue weighted by atomic mass is 10.00. The molecule has 120 valence electrons. The zero-order valence-electron chi connectivity index (χ0n) is 13.2. The van der Waals surface area contributed by atoms with Gasteiger partial charge in [0.15, 0.2) is 11.5 Å². The third kappa shape index (κ3) is 3.16. The molecule has 0 aromatic heterocycles. The topological polar surface area (TPSA) is 67.9 Å². The average Bonchev–Trinajstić information content (AvgIpc) is 2.59. The first-order valence-electron chi connectivity index (χ1n) is 7.37. The van der Waals surface area contributed by atoms with Crippen molar-refractivity contribution >= 4 is 11.8 Å². The molecule has 2 rings (SSSR count). The van der Waals surface area contributed by atoms with E-state index in [0.717, 1.165) is 12.8 Å². The summed E-state index contributed by atoms with van der Waals surface area (Å²) in [6.07, 6.45) is 2.55. The van der Waals surface area contributed by atoms with E-state index in [-0.39, 0.29) is 11.8 Å². The zero-order valence-corrected chi connectivity index (χ0v) is 13.2. The number of hydrogen-bond acceptors (Lipinski definition) is 4. The van der Waals surface area contributed by atoms with Crippen molar-refractivity contribution < 1.29 is 19.1 Å². The third-order valence-corrected chi connectivity index (χ3v) is 3.94.